The first-order valence-corrected chi connectivity index (χ1v) is 33.1. The molecular formula is C76H135N15O. The number of carbonyl (C=O) groups excluding carboxylic acids is 1. The lowest BCUT2D eigenvalue weighted by molar-refractivity contribution is 0.242. The van der Waals surface area contributed by atoms with Crippen LogP contribution >= 0.6 is 0 Å². The molecule has 92 heavy (non-hydrogen) atoms. The van der Waals surface area contributed by atoms with Crippen LogP contribution in [0.1, 0.15) is 259 Å². The molecule has 2 amide bonds. The Balaban J connectivity index is -0.000000227. The molecule has 0 fully saturated rings. The number of rotatable bonds is 0. The number of imidazole rings is 1. The first-order chi connectivity index (χ1) is 42.7. The Kier molecular flexibility index (Phi) is 50.9. The number of allylic oxidation sites excluding steroid dienone is 8. The number of hydrogen-bond donors (Lipinski definition) is 5. The molecule has 4 aliphatic heterocycles. The summed E-state index contributed by atoms with van der Waals surface area (Å²) in [6.45, 7) is 87.8. The van der Waals surface area contributed by atoms with Crippen molar-refractivity contribution in [3.8, 4) is 0 Å². The highest BCUT2D eigenvalue weighted by atomic mass is 16.2. The average molecular weight is 1280 g/mol. The Morgan fingerprint density at radius 1 is 0.446 bits per heavy atom. The molecule has 0 atom stereocenters. The molecule has 5 N–H and O–H groups in total. The second-order valence-electron chi connectivity index (χ2n) is 26.0. The average Bonchev–Trinajstić information content (AvgIpc) is 1.62. The SMILES string of the molecule is C=C1C=C(C(C)(C)C)C=NN1.C=C1C=C(C(C)(C)C)NC(=O)N1.C=C1C=NC=C(C(C)(C)C)N1.C=C1N=CC=C(C(C)(C)C)N1.CC.CC.CC.CC.CC.CC.CC.CC(C)(C)c1ccnnc1.CC(C)(C)c1cncc2nccn12.CC(C)(C)c1cncnc1. The number of urea groups is 1. The Labute approximate surface area is 564 Å². The molecule has 0 bridgehead atoms. The van der Waals surface area contributed by atoms with E-state index in [0.29, 0.717) is 5.70 Å². The molecule has 0 aliphatic carbocycles. The fourth-order valence-corrected chi connectivity index (χ4v) is 6.32. The third-order valence-corrected chi connectivity index (χ3v) is 11.3. The summed E-state index contributed by atoms with van der Waals surface area (Å²) >= 11 is 0. The number of hydrazone groups is 1. The van der Waals surface area contributed by atoms with Crippen LogP contribution in [0, 0.1) is 21.7 Å². The minimum absolute atomic E-state index is 0.0410. The van der Waals surface area contributed by atoms with Crippen LogP contribution in [0.2, 0.25) is 0 Å². The second-order valence-corrected chi connectivity index (χ2v) is 26.0. The van der Waals surface area contributed by atoms with Gasteiger partial charge in [-0.2, -0.15) is 15.3 Å². The number of aromatic nitrogens is 7. The molecule has 0 unspecified atom stereocenters. The molecule has 520 valence electrons. The van der Waals surface area contributed by atoms with Gasteiger partial charge in [0.15, 0.2) is 5.65 Å². The first kappa shape index (κ1) is 95.5. The van der Waals surface area contributed by atoms with Gasteiger partial charge in [0, 0.05) is 117 Å². The molecule has 0 radical (unpaired) electrons. The third kappa shape index (κ3) is 43.2. The van der Waals surface area contributed by atoms with Crippen LogP contribution in [-0.4, -0.2) is 59.2 Å². The van der Waals surface area contributed by atoms with Gasteiger partial charge in [0.05, 0.1) is 18.6 Å². The molecule has 16 heteroatoms. The zero-order valence-corrected chi connectivity index (χ0v) is 65.0. The molecule has 0 saturated carbocycles. The zero-order valence-electron chi connectivity index (χ0n) is 65.0. The van der Waals surface area contributed by atoms with Crippen molar-refractivity contribution in [2.24, 2.45) is 36.7 Å². The highest BCUT2D eigenvalue weighted by Crippen LogP contribution is 2.28. The number of amides is 2. The molecule has 8 heterocycles. The monoisotopic (exact) mass is 1270 g/mol. The van der Waals surface area contributed by atoms with Crippen LogP contribution in [0.5, 0.6) is 0 Å². The van der Waals surface area contributed by atoms with Gasteiger partial charge in [-0.1, -0.05) is 269 Å². The first-order valence-electron chi connectivity index (χ1n) is 33.1. The van der Waals surface area contributed by atoms with Crippen LogP contribution in [0.3, 0.4) is 0 Å². The predicted octanol–water partition coefficient (Wildman–Crippen LogP) is 20.7. The van der Waals surface area contributed by atoms with E-state index in [0.717, 1.165) is 40.0 Å². The number of fused-ring (bicyclic) bond motifs is 1. The van der Waals surface area contributed by atoms with E-state index in [4.69, 9.17) is 0 Å². The number of aliphatic imine (C=N–C) groups is 2. The molecule has 4 aliphatic rings. The Morgan fingerprint density at radius 2 is 0.957 bits per heavy atom. The van der Waals surface area contributed by atoms with E-state index in [1.807, 2.05) is 179 Å². The summed E-state index contributed by atoms with van der Waals surface area (Å²) in [5.41, 5.74) is 14.9. The maximum absolute atomic E-state index is 11.0. The van der Waals surface area contributed by atoms with E-state index in [1.165, 1.54) is 22.4 Å². The normalized spacial score (nSPS) is 13.4. The predicted molar refractivity (Wildman–Crippen MR) is 406 cm³/mol. The number of hydrogen-bond acceptors (Lipinski definition) is 13. The Morgan fingerprint density at radius 3 is 1.30 bits per heavy atom. The molecule has 0 spiro atoms. The Hall–Kier alpha value is -7.62. The van der Waals surface area contributed by atoms with Gasteiger partial charge in [-0.15, -0.1) is 0 Å². The van der Waals surface area contributed by atoms with Gasteiger partial charge in [0.25, 0.3) is 0 Å². The van der Waals surface area contributed by atoms with Crippen molar-refractivity contribution in [2.45, 2.75) is 259 Å². The fourth-order valence-electron chi connectivity index (χ4n) is 6.32. The molecule has 0 aromatic carbocycles. The van der Waals surface area contributed by atoms with Gasteiger partial charge in [-0.05, 0) is 57.2 Å². The molecule has 16 nitrogen and oxygen atoms in total. The second kappa shape index (κ2) is 49.1. The summed E-state index contributed by atoms with van der Waals surface area (Å²) in [6.07, 6.45) is 29.3. The maximum Gasteiger partial charge on any atom is 0.323 e. The van der Waals surface area contributed by atoms with Crippen LogP contribution in [0.25, 0.3) is 5.65 Å². The maximum atomic E-state index is 11.0. The molecule has 4 aromatic heterocycles. The number of nitrogens with zero attached hydrogens (tertiary/aromatic N) is 10. The van der Waals surface area contributed by atoms with Crippen LogP contribution in [0.15, 0.2) is 173 Å². The summed E-state index contributed by atoms with van der Waals surface area (Å²) in [5.74, 6) is 0.720. The molecule has 4 aromatic rings. The minimum Gasteiger partial charge on any atom is -0.356 e. The van der Waals surface area contributed by atoms with Crippen molar-refractivity contribution in [3.63, 3.8) is 0 Å². The molecule has 8 rings (SSSR count). The number of carbonyl (C=O) groups is 1. The van der Waals surface area contributed by atoms with Crippen molar-refractivity contribution >= 4 is 30.3 Å². The van der Waals surface area contributed by atoms with Gasteiger partial charge in [0.1, 0.15) is 12.1 Å². The third-order valence-electron chi connectivity index (χ3n) is 11.3. The van der Waals surface area contributed by atoms with Crippen molar-refractivity contribution in [2.75, 3.05) is 0 Å². The van der Waals surface area contributed by atoms with E-state index in [2.05, 4.69) is 227 Å². The Bertz CT molecular complexity index is 2770. The minimum atomic E-state index is -0.201. The fraction of sp³-hybridized carbons (Fsp3) is 0.553. The van der Waals surface area contributed by atoms with Crippen molar-refractivity contribution in [3.05, 3.63) is 175 Å². The lowest BCUT2D eigenvalue weighted by atomic mass is 9.86. The largest absolute Gasteiger partial charge is 0.356 e. The quantitative estimate of drug-likeness (QED) is 0.113. The van der Waals surface area contributed by atoms with E-state index < -0.39 is 0 Å². The molecular weight excluding hydrogens is 1140 g/mol. The van der Waals surface area contributed by atoms with E-state index in [-0.39, 0.29) is 43.9 Å². The van der Waals surface area contributed by atoms with Crippen molar-refractivity contribution in [1.29, 1.82) is 0 Å². The summed E-state index contributed by atoms with van der Waals surface area (Å²) in [4.78, 5) is 35.3. The summed E-state index contributed by atoms with van der Waals surface area (Å²) in [5, 5.41) is 23.1. The van der Waals surface area contributed by atoms with Gasteiger partial charge in [0.2, 0.25) is 0 Å². The van der Waals surface area contributed by atoms with Crippen LogP contribution < -0.4 is 26.7 Å². The highest BCUT2D eigenvalue weighted by molar-refractivity contribution is 5.82. The molecule has 0 saturated heterocycles. The zero-order chi connectivity index (χ0) is 73.5. The van der Waals surface area contributed by atoms with Gasteiger partial charge in [-0.25, -0.2) is 24.7 Å². The van der Waals surface area contributed by atoms with Gasteiger partial charge in [-0.3, -0.25) is 15.4 Å². The van der Waals surface area contributed by atoms with Crippen molar-refractivity contribution in [1.82, 2.24) is 61.2 Å². The standard InChI is InChI=1S/C10H13N3.C9H14N2O.3C9H14N2.2C8H12N2.7C2H6/c1-10(2,3)8-6-11-7-9-12-4-5-13(8)9;1-6-5-7(9(2,3)4)11-8(12)10-6;1-7-5-10-6-8(11-7)9(2,3)4;1-7-5-8(6-10-11-7)9(2,3)4;1-7-10-6-5-8(11-7)9(2,3)4;1-8(2,3)7-4-9-6-10-5-7;1-8(2,3)7-4-5-9-10-6-7;7*1-2/h4-7H,1-3H3;5H,1H2,2-4H3,(H2,10,11,12);3*5-6,11H,1H2,2-4H3;2*4-6H,1-3H3;7*1-2H3. The van der Waals surface area contributed by atoms with Crippen LogP contribution in [0.4, 0.5) is 4.79 Å². The van der Waals surface area contributed by atoms with Gasteiger partial charge >= 0.3 is 6.03 Å². The van der Waals surface area contributed by atoms with Crippen molar-refractivity contribution < 1.29 is 4.79 Å². The lowest BCUT2D eigenvalue weighted by Gasteiger charge is -2.27. The summed E-state index contributed by atoms with van der Waals surface area (Å²) in [7, 11) is 0. The number of nitrogens with one attached hydrogen (secondary N) is 5. The van der Waals surface area contributed by atoms with E-state index in [9.17, 15) is 4.79 Å². The van der Waals surface area contributed by atoms with Crippen LogP contribution in [-0.2, 0) is 16.2 Å². The van der Waals surface area contributed by atoms with Gasteiger partial charge < -0.3 is 25.7 Å². The summed E-state index contributed by atoms with van der Waals surface area (Å²) < 4.78 is 2.08. The van der Waals surface area contributed by atoms with E-state index >= 15 is 0 Å². The smallest absolute Gasteiger partial charge is 0.323 e. The van der Waals surface area contributed by atoms with E-state index in [1.54, 1.807) is 43.5 Å². The summed E-state index contributed by atoms with van der Waals surface area (Å²) in [6, 6.07) is 1.79. The highest BCUT2D eigenvalue weighted by Gasteiger charge is 2.24. The lowest BCUT2D eigenvalue weighted by Crippen LogP contribution is -2.41. The topological polar surface area (TPSA) is 196 Å².